The van der Waals surface area contributed by atoms with Crippen LogP contribution in [-0.4, -0.2) is 20.3 Å². The molecule has 0 saturated carbocycles. The van der Waals surface area contributed by atoms with Crippen molar-refractivity contribution in [3.8, 4) is 11.5 Å². The van der Waals surface area contributed by atoms with Gasteiger partial charge in [0.25, 0.3) is 0 Å². The van der Waals surface area contributed by atoms with E-state index in [1.54, 1.807) is 12.1 Å². The zero-order chi connectivity index (χ0) is 18.6. The van der Waals surface area contributed by atoms with Crippen molar-refractivity contribution in [1.29, 1.82) is 0 Å². The van der Waals surface area contributed by atoms with Crippen LogP contribution in [0, 0.1) is 0 Å². The number of anilines is 2. The summed E-state index contributed by atoms with van der Waals surface area (Å²) < 4.78 is 48.7. The highest BCUT2D eigenvalue weighted by Crippen LogP contribution is 2.36. The van der Waals surface area contributed by atoms with E-state index in [1.165, 1.54) is 26.4 Å². The molecule has 0 aliphatic rings. The smallest absolute Gasteiger partial charge is 0.417 e. The predicted molar refractivity (Wildman–Crippen MR) is 88.6 cm³/mol. The number of rotatable bonds is 4. The Morgan fingerprint density at radius 3 is 2.08 bits per heavy atom. The summed E-state index contributed by atoms with van der Waals surface area (Å²) in [6.45, 7) is 0. The van der Waals surface area contributed by atoms with Gasteiger partial charge in [-0.3, -0.25) is 0 Å². The van der Waals surface area contributed by atoms with Crippen molar-refractivity contribution in [3.63, 3.8) is 0 Å². The summed E-state index contributed by atoms with van der Waals surface area (Å²) in [7, 11) is 2.91. The van der Waals surface area contributed by atoms with Gasteiger partial charge in [-0.05, 0) is 30.3 Å². The Kier molecular flexibility index (Phi) is 5.63. The van der Waals surface area contributed by atoms with Crippen molar-refractivity contribution in [1.82, 2.24) is 0 Å². The summed E-state index contributed by atoms with van der Waals surface area (Å²) >= 11 is 5.54. The lowest BCUT2D eigenvalue weighted by Gasteiger charge is -2.13. The van der Waals surface area contributed by atoms with Crippen LogP contribution in [0.15, 0.2) is 36.4 Å². The van der Waals surface area contributed by atoms with Gasteiger partial charge in [0.15, 0.2) is 11.5 Å². The number of benzene rings is 2. The van der Waals surface area contributed by atoms with Crippen LogP contribution in [0.3, 0.4) is 0 Å². The molecule has 0 aromatic heterocycles. The lowest BCUT2D eigenvalue weighted by atomic mass is 10.2. The molecule has 0 bridgehead atoms. The number of carbonyl (C=O) groups is 1. The maximum Gasteiger partial charge on any atom is 0.417 e. The van der Waals surface area contributed by atoms with Crippen LogP contribution in [0.25, 0.3) is 0 Å². The molecular formula is C16H14ClF3N2O3. The van der Waals surface area contributed by atoms with Crippen LogP contribution in [0.1, 0.15) is 5.56 Å². The van der Waals surface area contributed by atoms with Crippen LogP contribution in [-0.2, 0) is 6.18 Å². The number of amides is 2. The zero-order valence-corrected chi connectivity index (χ0v) is 14.0. The first kappa shape index (κ1) is 18.7. The van der Waals surface area contributed by atoms with Crippen molar-refractivity contribution in [3.05, 3.63) is 47.0 Å². The Morgan fingerprint density at radius 2 is 1.52 bits per heavy atom. The molecule has 2 amide bonds. The van der Waals surface area contributed by atoms with Gasteiger partial charge in [-0.2, -0.15) is 13.2 Å². The SMILES string of the molecule is COc1ccc(NC(=O)Nc2ccc(Cl)c(C(F)(F)F)c2)cc1OC. The third-order valence-corrected chi connectivity index (χ3v) is 3.50. The minimum absolute atomic E-state index is 0.0466. The van der Waals surface area contributed by atoms with E-state index in [0.29, 0.717) is 17.2 Å². The van der Waals surface area contributed by atoms with Crippen LogP contribution >= 0.6 is 11.6 Å². The van der Waals surface area contributed by atoms with E-state index in [-0.39, 0.29) is 5.69 Å². The van der Waals surface area contributed by atoms with Gasteiger partial charge in [-0.1, -0.05) is 11.6 Å². The first-order valence-corrected chi connectivity index (χ1v) is 7.29. The van der Waals surface area contributed by atoms with Crippen molar-refractivity contribution in [2.75, 3.05) is 24.9 Å². The van der Waals surface area contributed by atoms with Gasteiger partial charge in [0.2, 0.25) is 0 Å². The minimum atomic E-state index is -4.62. The molecule has 2 N–H and O–H groups in total. The Bertz CT molecular complexity index is 782. The highest BCUT2D eigenvalue weighted by Gasteiger charge is 2.33. The molecular weight excluding hydrogens is 361 g/mol. The van der Waals surface area contributed by atoms with Crippen molar-refractivity contribution in [2.24, 2.45) is 0 Å². The van der Waals surface area contributed by atoms with E-state index in [0.717, 1.165) is 12.1 Å². The Balaban J connectivity index is 2.13. The van der Waals surface area contributed by atoms with E-state index in [2.05, 4.69) is 10.6 Å². The van der Waals surface area contributed by atoms with E-state index in [1.807, 2.05) is 0 Å². The number of methoxy groups -OCH3 is 2. The fourth-order valence-corrected chi connectivity index (χ4v) is 2.25. The number of nitrogens with one attached hydrogen (secondary N) is 2. The second-order valence-corrected chi connectivity index (χ2v) is 5.25. The minimum Gasteiger partial charge on any atom is -0.493 e. The van der Waals surface area contributed by atoms with E-state index in [9.17, 15) is 18.0 Å². The second-order valence-electron chi connectivity index (χ2n) is 4.84. The van der Waals surface area contributed by atoms with E-state index >= 15 is 0 Å². The van der Waals surface area contributed by atoms with Gasteiger partial charge in [-0.25, -0.2) is 4.79 Å². The van der Waals surface area contributed by atoms with Crippen LogP contribution in [0.5, 0.6) is 11.5 Å². The molecule has 0 fully saturated rings. The number of ether oxygens (including phenoxy) is 2. The van der Waals surface area contributed by atoms with Crippen molar-refractivity contribution < 1.29 is 27.4 Å². The number of alkyl halides is 3. The highest BCUT2D eigenvalue weighted by molar-refractivity contribution is 6.31. The molecule has 2 aromatic rings. The molecule has 0 saturated heterocycles. The topological polar surface area (TPSA) is 59.6 Å². The van der Waals surface area contributed by atoms with Crippen molar-refractivity contribution in [2.45, 2.75) is 6.18 Å². The van der Waals surface area contributed by atoms with Crippen LogP contribution < -0.4 is 20.1 Å². The monoisotopic (exact) mass is 374 g/mol. The zero-order valence-electron chi connectivity index (χ0n) is 13.2. The molecule has 0 heterocycles. The molecule has 2 aromatic carbocycles. The number of urea groups is 1. The molecule has 134 valence electrons. The van der Waals surface area contributed by atoms with E-state index < -0.39 is 22.8 Å². The summed E-state index contributed by atoms with van der Waals surface area (Å²) in [5.41, 5.74) is -0.701. The summed E-state index contributed by atoms with van der Waals surface area (Å²) in [5, 5.41) is 4.36. The molecule has 0 spiro atoms. The number of carbonyl (C=O) groups excluding carboxylic acids is 1. The van der Waals surface area contributed by atoms with Crippen LogP contribution in [0.2, 0.25) is 5.02 Å². The van der Waals surface area contributed by atoms with Gasteiger partial charge in [0.05, 0.1) is 24.8 Å². The van der Waals surface area contributed by atoms with Gasteiger partial charge in [-0.15, -0.1) is 0 Å². The van der Waals surface area contributed by atoms with Gasteiger partial charge < -0.3 is 20.1 Å². The molecule has 0 radical (unpaired) electrons. The number of hydrogen-bond acceptors (Lipinski definition) is 3. The quantitative estimate of drug-likeness (QED) is 0.790. The first-order valence-electron chi connectivity index (χ1n) is 6.91. The second kappa shape index (κ2) is 7.52. The molecule has 0 aliphatic heterocycles. The van der Waals surface area contributed by atoms with Crippen LogP contribution in [0.4, 0.5) is 29.3 Å². The Labute approximate surface area is 146 Å². The van der Waals surface area contributed by atoms with Gasteiger partial charge in [0, 0.05) is 17.4 Å². The van der Waals surface area contributed by atoms with E-state index in [4.69, 9.17) is 21.1 Å². The summed E-state index contributed by atoms with van der Waals surface area (Å²) in [5.74, 6) is 0.868. The molecule has 0 aliphatic carbocycles. The maximum absolute atomic E-state index is 12.8. The predicted octanol–water partition coefficient (Wildman–Crippen LogP) is 5.02. The normalized spacial score (nSPS) is 11.0. The number of halogens is 4. The van der Waals surface area contributed by atoms with Crippen molar-refractivity contribution >= 4 is 29.0 Å². The third kappa shape index (κ3) is 4.69. The molecule has 25 heavy (non-hydrogen) atoms. The third-order valence-electron chi connectivity index (χ3n) is 3.17. The first-order chi connectivity index (χ1) is 11.7. The fraction of sp³-hybridized carbons (Fsp3) is 0.188. The summed E-state index contributed by atoms with van der Waals surface area (Å²) in [6, 6.07) is 7.03. The Hall–Kier alpha value is -2.61. The highest BCUT2D eigenvalue weighted by atomic mass is 35.5. The lowest BCUT2D eigenvalue weighted by molar-refractivity contribution is -0.137. The average molecular weight is 375 g/mol. The molecule has 5 nitrogen and oxygen atoms in total. The Morgan fingerprint density at radius 1 is 0.960 bits per heavy atom. The molecule has 0 unspecified atom stereocenters. The largest absolute Gasteiger partial charge is 0.493 e. The summed E-state index contributed by atoms with van der Waals surface area (Å²) in [6.07, 6.45) is -4.62. The number of hydrogen-bond donors (Lipinski definition) is 2. The maximum atomic E-state index is 12.8. The fourth-order valence-electron chi connectivity index (χ4n) is 2.03. The summed E-state index contributed by atoms with van der Waals surface area (Å²) in [4.78, 5) is 12.0. The van der Waals surface area contributed by atoms with Gasteiger partial charge in [0.1, 0.15) is 0 Å². The average Bonchev–Trinajstić information content (AvgIpc) is 2.55. The molecule has 0 atom stereocenters. The molecule has 9 heteroatoms. The molecule has 2 rings (SSSR count). The van der Waals surface area contributed by atoms with Gasteiger partial charge >= 0.3 is 12.2 Å². The lowest BCUT2D eigenvalue weighted by Crippen LogP contribution is -2.20. The standard InChI is InChI=1S/C16H14ClF3N2O3/c1-24-13-6-4-10(8-14(13)25-2)22-15(23)21-9-3-5-12(17)11(7-9)16(18,19)20/h3-8H,1-2H3,(H2,21,22,23).